The Morgan fingerprint density at radius 1 is 1.07 bits per heavy atom. The number of pyridine rings is 2. The quantitative estimate of drug-likeness (QED) is 0.611. The number of anilines is 1. The molecule has 1 saturated heterocycles. The van der Waals surface area contributed by atoms with Crippen LogP contribution in [0.25, 0.3) is 11.0 Å². The van der Waals surface area contributed by atoms with Crippen molar-refractivity contribution >= 4 is 34.4 Å². The molecular formula is C19H19ClN6O3. The zero-order valence-corrected chi connectivity index (χ0v) is 16.8. The lowest BCUT2D eigenvalue weighted by Gasteiger charge is -2.35. The average Bonchev–Trinajstić information content (AvgIpc) is 2.76. The molecule has 0 spiro atoms. The van der Waals surface area contributed by atoms with Crippen LogP contribution in [0, 0.1) is 0 Å². The molecule has 1 aliphatic rings. The number of fused-ring (bicyclic) bond motifs is 1. The van der Waals surface area contributed by atoms with Gasteiger partial charge in [0.15, 0.2) is 0 Å². The number of rotatable bonds is 2. The van der Waals surface area contributed by atoms with Crippen molar-refractivity contribution in [3.63, 3.8) is 0 Å². The molecule has 1 aliphatic heterocycles. The zero-order chi connectivity index (χ0) is 20.7. The SMILES string of the molecule is Cn1c(=O)c2cc(C(=O)N3CCN(c4ncccc4Cl)CC3)cnc2n(C)c1=O. The molecule has 10 heteroatoms. The average molecular weight is 415 g/mol. The van der Waals surface area contributed by atoms with Crippen LogP contribution in [-0.2, 0) is 14.1 Å². The Balaban J connectivity index is 1.58. The second kappa shape index (κ2) is 7.32. The Kier molecular flexibility index (Phi) is 4.83. The van der Waals surface area contributed by atoms with Crippen molar-refractivity contribution in [2.24, 2.45) is 14.1 Å². The Bertz CT molecular complexity index is 1230. The van der Waals surface area contributed by atoms with E-state index in [0.29, 0.717) is 42.6 Å². The first-order valence-corrected chi connectivity index (χ1v) is 9.47. The minimum absolute atomic E-state index is 0.206. The molecule has 29 heavy (non-hydrogen) atoms. The number of carbonyl (C=O) groups is 1. The molecule has 3 aromatic heterocycles. The molecule has 0 N–H and O–H groups in total. The highest BCUT2D eigenvalue weighted by Crippen LogP contribution is 2.23. The van der Waals surface area contributed by atoms with E-state index < -0.39 is 11.2 Å². The lowest BCUT2D eigenvalue weighted by atomic mass is 10.2. The van der Waals surface area contributed by atoms with Gasteiger partial charge in [-0.25, -0.2) is 14.8 Å². The summed E-state index contributed by atoms with van der Waals surface area (Å²) >= 11 is 6.21. The van der Waals surface area contributed by atoms with Crippen LogP contribution in [-0.4, -0.2) is 56.1 Å². The summed E-state index contributed by atoms with van der Waals surface area (Å²) in [6.07, 6.45) is 3.10. The smallest absolute Gasteiger partial charge is 0.332 e. The van der Waals surface area contributed by atoms with Crippen molar-refractivity contribution in [2.45, 2.75) is 0 Å². The zero-order valence-electron chi connectivity index (χ0n) is 16.0. The van der Waals surface area contributed by atoms with Gasteiger partial charge in [-0.3, -0.25) is 18.7 Å². The largest absolute Gasteiger partial charge is 0.352 e. The number of hydrogen-bond acceptors (Lipinski definition) is 6. The molecule has 4 rings (SSSR count). The van der Waals surface area contributed by atoms with E-state index in [1.807, 2.05) is 4.90 Å². The monoisotopic (exact) mass is 414 g/mol. The van der Waals surface area contributed by atoms with Gasteiger partial charge in [0.2, 0.25) is 0 Å². The second-order valence-corrected chi connectivity index (χ2v) is 7.30. The van der Waals surface area contributed by atoms with E-state index in [9.17, 15) is 14.4 Å². The summed E-state index contributed by atoms with van der Waals surface area (Å²) in [4.78, 5) is 49.7. The minimum atomic E-state index is -0.472. The number of aryl methyl sites for hydroxylation is 1. The molecule has 0 radical (unpaired) electrons. The molecular weight excluding hydrogens is 396 g/mol. The first-order chi connectivity index (χ1) is 13.9. The molecule has 9 nitrogen and oxygen atoms in total. The normalized spacial score (nSPS) is 14.4. The van der Waals surface area contributed by atoms with Gasteiger partial charge in [0.05, 0.1) is 16.0 Å². The fraction of sp³-hybridized carbons (Fsp3) is 0.316. The maximum Gasteiger partial charge on any atom is 0.332 e. The number of halogens is 1. The van der Waals surface area contributed by atoms with Gasteiger partial charge < -0.3 is 9.80 Å². The van der Waals surface area contributed by atoms with Crippen LogP contribution in [0.1, 0.15) is 10.4 Å². The number of piperazine rings is 1. The van der Waals surface area contributed by atoms with Gasteiger partial charge in [-0.2, -0.15) is 0 Å². The molecule has 0 aliphatic carbocycles. The van der Waals surface area contributed by atoms with Gasteiger partial charge >= 0.3 is 5.69 Å². The number of amides is 1. The third kappa shape index (κ3) is 3.27. The summed E-state index contributed by atoms with van der Waals surface area (Å²) < 4.78 is 2.30. The van der Waals surface area contributed by atoms with Gasteiger partial charge in [-0.05, 0) is 18.2 Å². The summed E-state index contributed by atoms with van der Waals surface area (Å²) in [6, 6.07) is 5.07. The maximum atomic E-state index is 12.9. The first kappa shape index (κ1) is 19.1. The summed E-state index contributed by atoms with van der Waals surface area (Å²) in [5.41, 5.74) is -0.361. The van der Waals surface area contributed by atoms with Crippen molar-refractivity contribution in [3.8, 4) is 0 Å². The summed E-state index contributed by atoms with van der Waals surface area (Å²) in [5.74, 6) is 0.500. The third-order valence-corrected chi connectivity index (χ3v) is 5.44. The van der Waals surface area contributed by atoms with E-state index in [-0.39, 0.29) is 16.9 Å². The summed E-state index contributed by atoms with van der Waals surface area (Å²) in [6.45, 7) is 2.18. The van der Waals surface area contributed by atoms with Crippen LogP contribution in [0.4, 0.5) is 5.82 Å². The maximum absolute atomic E-state index is 12.9. The number of hydrogen-bond donors (Lipinski definition) is 0. The molecule has 0 saturated carbocycles. The third-order valence-electron chi connectivity index (χ3n) is 5.15. The van der Waals surface area contributed by atoms with Gasteiger partial charge in [0, 0.05) is 52.7 Å². The number of aromatic nitrogens is 4. The van der Waals surface area contributed by atoms with E-state index in [0.717, 1.165) is 4.57 Å². The number of carbonyl (C=O) groups excluding carboxylic acids is 1. The van der Waals surface area contributed by atoms with E-state index >= 15 is 0 Å². The highest BCUT2D eigenvalue weighted by Gasteiger charge is 2.24. The standard InChI is InChI=1S/C19H19ClN6O3/c1-23-15-13(18(28)24(2)19(23)29)10-12(11-22-15)17(27)26-8-6-25(7-9-26)16-14(20)4-3-5-21-16/h3-5,10-11H,6-9H2,1-2H3. The Morgan fingerprint density at radius 3 is 2.48 bits per heavy atom. The van der Waals surface area contributed by atoms with Crippen molar-refractivity contribution in [1.29, 1.82) is 0 Å². The van der Waals surface area contributed by atoms with Crippen molar-refractivity contribution < 1.29 is 4.79 Å². The van der Waals surface area contributed by atoms with E-state index in [4.69, 9.17) is 11.6 Å². The topological polar surface area (TPSA) is 93.3 Å². The Hall–Kier alpha value is -3.20. The van der Waals surface area contributed by atoms with Crippen LogP contribution < -0.4 is 16.1 Å². The molecule has 4 heterocycles. The number of nitrogens with zero attached hydrogens (tertiary/aromatic N) is 6. The van der Waals surface area contributed by atoms with Crippen LogP contribution in [0.2, 0.25) is 5.02 Å². The summed E-state index contributed by atoms with van der Waals surface area (Å²) in [5, 5.41) is 0.812. The van der Waals surface area contributed by atoms with E-state index in [1.165, 1.54) is 23.9 Å². The van der Waals surface area contributed by atoms with Crippen LogP contribution in [0.3, 0.4) is 0 Å². The van der Waals surface area contributed by atoms with Crippen molar-refractivity contribution in [3.05, 3.63) is 62.0 Å². The van der Waals surface area contributed by atoms with Crippen LogP contribution >= 0.6 is 11.6 Å². The Morgan fingerprint density at radius 2 is 1.79 bits per heavy atom. The Labute approximate surface area is 170 Å². The molecule has 0 atom stereocenters. The molecule has 1 fully saturated rings. The van der Waals surface area contributed by atoms with Crippen LogP contribution in [0.15, 0.2) is 40.2 Å². The van der Waals surface area contributed by atoms with E-state index in [2.05, 4.69) is 9.97 Å². The molecule has 0 bridgehead atoms. The van der Waals surface area contributed by atoms with Crippen molar-refractivity contribution in [1.82, 2.24) is 24.0 Å². The summed E-state index contributed by atoms with van der Waals surface area (Å²) in [7, 11) is 2.95. The highest BCUT2D eigenvalue weighted by molar-refractivity contribution is 6.32. The van der Waals surface area contributed by atoms with Crippen LogP contribution in [0.5, 0.6) is 0 Å². The fourth-order valence-electron chi connectivity index (χ4n) is 3.50. The van der Waals surface area contributed by atoms with Crippen molar-refractivity contribution in [2.75, 3.05) is 31.1 Å². The molecule has 0 aromatic carbocycles. The van der Waals surface area contributed by atoms with E-state index in [1.54, 1.807) is 30.3 Å². The van der Waals surface area contributed by atoms with Gasteiger partial charge in [-0.15, -0.1) is 0 Å². The predicted molar refractivity (Wildman–Crippen MR) is 110 cm³/mol. The molecule has 1 amide bonds. The molecule has 3 aromatic rings. The van der Waals surface area contributed by atoms with Gasteiger partial charge in [0.1, 0.15) is 11.5 Å². The fourth-order valence-corrected chi connectivity index (χ4v) is 3.74. The minimum Gasteiger partial charge on any atom is -0.352 e. The molecule has 0 unspecified atom stereocenters. The second-order valence-electron chi connectivity index (χ2n) is 6.89. The lowest BCUT2D eigenvalue weighted by Crippen LogP contribution is -2.49. The predicted octanol–water partition coefficient (Wildman–Crippen LogP) is 0.643. The molecule has 150 valence electrons. The highest BCUT2D eigenvalue weighted by atomic mass is 35.5. The lowest BCUT2D eigenvalue weighted by molar-refractivity contribution is 0.0746. The first-order valence-electron chi connectivity index (χ1n) is 9.09. The van der Waals surface area contributed by atoms with Gasteiger partial charge in [0.25, 0.3) is 11.5 Å². The van der Waals surface area contributed by atoms with Gasteiger partial charge in [-0.1, -0.05) is 11.6 Å².